The van der Waals surface area contributed by atoms with Gasteiger partial charge in [-0.1, -0.05) is 36.4 Å². The van der Waals surface area contributed by atoms with Gasteiger partial charge in [0.25, 0.3) is 0 Å². The average Bonchev–Trinajstić information content (AvgIpc) is 2.57. The van der Waals surface area contributed by atoms with Gasteiger partial charge in [0.1, 0.15) is 12.7 Å². The van der Waals surface area contributed by atoms with Gasteiger partial charge < -0.3 is 9.84 Å². The largest absolute Gasteiger partial charge is 0.482 e. The second kappa shape index (κ2) is 4.37. The van der Waals surface area contributed by atoms with Gasteiger partial charge in [-0.2, -0.15) is 0 Å². The molecule has 0 aliphatic carbocycles. The third-order valence-corrected chi connectivity index (χ3v) is 3.24. The van der Waals surface area contributed by atoms with Crippen molar-refractivity contribution in [2.75, 3.05) is 0 Å². The van der Waals surface area contributed by atoms with E-state index >= 15 is 0 Å². The minimum absolute atomic E-state index is 0.121. The summed E-state index contributed by atoms with van der Waals surface area (Å²) in [6.45, 7) is 0.213. The lowest BCUT2D eigenvalue weighted by Crippen LogP contribution is -2.01. The first kappa shape index (κ1) is 11.7. The number of hydrogen-bond donors (Lipinski definition) is 1. The zero-order chi connectivity index (χ0) is 13.4. The minimum Gasteiger partial charge on any atom is -0.482 e. The van der Waals surface area contributed by atoms with Crippen molar-refractivity contribution in [2.45, 2.75) is 12.7 Å². The highest BCUT2D eigenvalue weighted by Crippen LogP contribution is 2.40. The molecule has 1 heterocycles. The monoisotopic (exact) mass is 257 g/mol. The van der Waals surface area contributed by atoms with Crippen molar-refractivity contribution in [3.05, 3.63) is 69.3 Å². The van der Waals surface area contributed by atoms with Crippen LogP contribution in [0.4, 0.5) is 5.69 Å². The Morgan fingerprint density at radius 3 is 2.68 bits per heavy atom. The quantitative estimate of drug-likeness (QED) is 0.629. The number of ether oxygens (including phenoxy) is 1. The van der Waals surface area contributed by atoms with Crippen LogP contribution in [-0.4, -0.2) is 10.0 Å². The molecule has 1 unspecified atom stereocenters. The maximum absolute atomic E-state index is 11.0. The van der Waals surface area contributed by atoms with E-state index in [-0.39, 0.29) is 18.0 Å². The fourth-order valence-corrected chi connectivity index (χ4v) is 2.31. The summed E-state index contributed by atoms with van der Waals surface area (Å²) in [7, 11) is 0. The molecule has 19 heavy (non-hydrogen) atoms. The lowest BCUT2D eigenvalue weighted by atomic mass is 9.97. The lowest BCUT2D eigenvalue weighted by Gasteiger charge is -2.12. The van der Waals surface area contributed by atoms with Crippen LogP contribution in [-0.2, 0) is 6.61 Å². The van der Waals surface area contributed by atoms with Crippen molar-refractivity contribution in [3.8, 4) is 5.75 Å². The molecular formula is C14H11NO4. The Morgan fingerprint density at radius 2 is 1.89 bits per heavy atom. The molecule has 1 atom stereocenters. The molecule has 3 rings (SSSR count). The number of rotatable bonds is 1. The first-order valence-corrected chi connectivity index (χ1v) is 5.84. The number of aliphatic hydroxyl groups excluding tert-OH is 1. The fraction of sp³-hybridized carbons (Fsp3) is 0.143. The van der Waals surface area contributed by atoms with E-state index in [9.17, 15) is 15.2 Å². The SMILES string of the molecule is O=[N+]([O-])c1cccc2c1OCc1ccccc1C2O. The predicted octanol–water partition coefficient (Wildman–Crippen LogP) is 2.57. The Kier molecular flexibility index (Phi) is 2.68. The summed E-state index contributed by atoms with van der Waals surface area (Å²) in [6, 6.07) is 11.9. The summed E-state index contributed by atoms with van der Waals surface area (Å²) in [5, 5.41) is 21.4. The van der Waals surface area contributed by atoms with Crippen molar-refractivity contribution in [2.24, 2.45) is 0 Å². The summed E-state index contributed by atoms with van der Waals surface area (Å²) in [5.41, 5.74) is 1.87. The molecule has 0 aromatic heterocycles. The maximum Gasteiger partial charge on any atom is 0.311 e. The number of nitro benzene ring substituents is 1. The zero-order valence-corrected chi connectivity index (χ0v) is 9.95. The minimum atomic E-state index is -0.909. The Bertz CT molecular complexity index is 654. The third kappa shape index (κ3) is 1.84. The highest BCUT2D eigenvalue weighted by molar-refractivity contribution is 5.56. The molecule has 5 nitrogen and oxygen atoms in total. The number of nitro groups is 1. The van der Waals surface area contributed by atoms with E-state index in [1.54, 1.807) is 18.2 Å². The van der Waals surface area contributed by atoms with Gasteiger partial charge in [0.05, 0.1) is 4.92 Å². The molecule has 0 radical (unpaired) electrons. The van der Waals surface area contributed by atoms with E-state index in [4.69, 9.17) is 4.74 Å². The van der Waals surface area contributed by atoms with Crippen molar-refractivity contribution in [1.82, 2.24) is 0 Å². The molecule has 2 aromatic rings. The second-order valence-electron chi connectivity index (χ2n) is 4.34. The normalized spacial score (nSPS) is 16.8. The van der Waals surface area contributed by atoms with Crippen LogP contribution >= 0.6 is 0 Å². The Labute approximate surface area is 109 Å². The van der Waals surface area contributed by atoms with Gasteiger partial charge in [0.2, 0.25) is 5.75 Å². The van der Waals surface area contributed by atoms with E-state index in [0.717, 1.165) is 11.1 Å². The lowest BCUT2D eigenvalue weighted by molar-refractivity contribution is -0.386. The van der Waals surface area contributed by atoms with Crippen LogP contribution in [0.25, 0.3) is 0 Å². The Morgan fingerprint density at radius 1 is 1.16 bits per heavy atom. The maximum atomic E-state index is 11.0. The number of fused-ring (bicyclic) bond motifs is 2. The van der Waals surface area contributed by atoms with Gasteiger partial charge in [0, 0.05) is 11.6 Å². The molecule has 5 heteroatoms. The number of hydrogen-bond acceptors (Lipinski definition) is 4. The van der Waals surface area contributed by atoms with Crippen molar-refractivity contribution >= 4 is 5.69 Å². The van der Waals surface area contributed by atoms with Gasteiger partial charge in [-0.15, -0.1) is 0 Å². The second-order valence-corrected chi connectivity index (χ2v) is 4.34. The third-order valence-electron chi connectivity index (χ3n) is 3.24. The van der Waals surface area contributed by atoms with Gasteiger partial charge in [-0.05, 0) is 11.1 Å². The van der Waals surface area contributed by atoms with Crippen molar-refractivity contribution in [1.29, 1.82) is 0 Å². The number of benzene rings is 2. The van der Waals surface area contributed by atoms with Crippen LogP contribution in [0, 0.1) is 10.1 Å². The Hall–Kier alpha value is -2.40. The van der Waals surface area contributed by atoms with Gasteiger partial charge in [-0.3, -0.25) is 10.1 Å². The standard InChI is InChI=1S/C14H11NO4/c16-13-10-5-2-1-4-9(10)8-19-14-11(13)6-3-7-12(14)15(17)18/h1-7,13,16H,8H2. The van der Waals surface area contributed by atoms with E-state index in [1.165, 1.54) is 6.07 Å². The zero-order valence-electron chi connectivity index (χ0n) is 9.95. The molecule has 96 valence electrons. The molecule has 0 amide bonds. The topological polar surface area (TPSA) is 72.6 Å². The molecule has 0 fully saturated rings. The van der Waals surface area contributed by atoms with Crippen molar-refractivity contribution in [3.63, 3.8) is 0 Å². The van der Waals surface area contributed by atoms with Gasteiger partial charge >= 0.3 is 5.69 Å². The van der Waals surface area contributed by atoms with Gasteiger partial charge in [-0.25, -0.2) is 0 Å². The molecule has 0 spiro atoms. The van der Waals surface area contributed by atoms with Crippen molar-refractivity contribution < 1.29 is 14.8 Å². The van der Waals surface area contributed by atoms with E-state index < -0.39 is 11.0 Å². The van der Waals surface area contributed by atoms with Crippen LogP contribution in [0.15, 0.2) is 42.5 Å². The summed E-state index contributed by atoms with van der Waals surface area (Å²) < 4.78 is 5.54. The van der Waals surface area contributed by atoms with Crippen LogP contribution in [0.5, 0.6) is 5.75 Å². The first-order chi connectivity index (χ1) is 9.18. The summed E-state index contributed by atoms with van der Waals surface area (Å²) >= 11 is 0. The molecule has 1 aliphatic rings. The predicted molar refractivity (Wildman–Crippen MR) is 67.9 cm³/mol. The summed E-state index contributed by atoms with van der Waals surface area (Å²) in [4.78, 5) is 10.5. The van der Waals surface area contributed by atoms with Gasteiger partial charge in [0.15, 0.2) is 0 Å². The molecule has 0 saturated heterocycles. The highest BCUT2D eigenvalue weighted by atomic mass is 16.6. The molecule has 0 saturated carbocycles. The molecule has 1 N–H and O–H groups in total. The molecular weight excluding hydrogens is 246 g/mol. The molecule has 2 aromatic carbocycles. The smallest absolute Gasteiger partial charge is 0.311 e. The Balaban J connectivity index is 2.20. The number of para-hydroxylation sites is 1. The van der Waals surface area contributed by atoms with Crippen LogP contribution in [0.1, 0.15) is 22.8 Å². The fourth-order valence-electron chi connectivity index (χ4n) is 2.31. The average molecular weight is 257 g/mol. The first-order valence-electron chi connectivity index (χ1n) is 5.84. The summed E-state index contributed by atoms with van der Waals surface area (Å²) in [6.07, 6.45) is -0.909. The van der Waals surface area contributed by atoms with Crippen LogP contribution in [0.2, 0.25) is 0 Å². The highest BCUT2D eigenvalue weighted by Gasteiger charge is 2.28. The van der Waals surface area contributed by atoms with E-state index in [1.807, 2.05) is 18.2 Å². The summed E-state index contributed by atoms with van der Waals surface area (Å²) in [5.74, 6) is 0.149. The van der Waals surface area contributed by atoms with E-state index in [0.29, 0.717) is 5.56 Å². The van der Waals surface area contributed by atoms with Crippen LogP contribution in [0.3, 0.4) is 0 Å². The van der Waals surface area contributed by atoms with Crippen LogP contribution < -0.4 is 4.74 Å². The molecule has 0 bridgehead atoms. The number of aliphatic hydroxyl groups is 1. The van der Waals surface area contributed by atoms with E-state index in [2.05, 4.69) is 0 Å². The molecule has 1 aliphatic heterocycles. The number of nitrogens with zero attached hydrogens (tertiary/aromatic N) is 1.